The van der Waals surface area contributed by atoms with Gasteiger partial charge in [-0.05, 0) is 17.8 Å². The molecule has 1 aliphatic rings. The zero-order valence-corrected chi connectivity index (χ0v) is 15.9. The molecular formula is C10H16F3KN4O2S. The van der Waals surface area contributed by atoms with Gasteiger partial charge in [0, 0.05) is 6.54 Å². The molecule has 2 heterocycles. The van der Waals surface area contributed by atoms with Gasteiger partial charge in [-0.3, -0.25) is 9.55 Å². The van der Waals surface area contributed by atoms with Gasteiger partial charge in [0.25, 0.3) is 0 Å². The Bertz CT molecular complexity index is 448. The molecule has 11 heteroatoms. The zero-order valence-electron chi connectivity index (χ0n) is 11.9. The summed E-state index contributed by atoms with van der Waals surface area (Å²) in [5, 5.41) is 17.8. The number of hydroxylamine groups is 2. The van der Waals surface area contributed by atoms with Gasteiger partial charge in [0.05, 0.1) is 13.1 Å². The molecule has 0 amide bonds. The molecule has 1 aromatic heterocycles. The van der Waals surface area contributed by atoms with Gasteiger partial charge in [-0.15, -0.1) is 5.10 Å². The van der Waals surface area contributed by atoms with Gasteiger partial charge in [0.2, 0.25) is 5.01 Å². The van der Waals surface area contributed by atoms with E-state index in [1.165, 1.54) is 0 Å². The van der Waals surface area contributed by atoms with E-state index in [0.717, 1.165) is 19.4 Å². The molecule has 0 radical (unpaired) electrons. The van der Waals surface area contributed by atoms with Crippen LogP contribution in [-0.2, 0) is 6.18 Å². The number of nitrogens with zero attached hydrogens (tertiary/aromatic N) is 4. The zero-order chi connectivity index (χ0) is 14.1. The topological polar surface area (TPSA) is 82.1 Å². The molecule has 1 aliphatic heterocycles. The second-order valence-electron chi connectivity index (χ2n) is 4.61. The van der Waals surface area contributed by atoms with Gasteiger partial charge >= 0.3 is 62.7 Å². The van der Waals surface area contributed by atoms with Crippen molar-refractivity contribution in [3.8, 4) is 0 Å². The standard InChI is InChI=1S/C10H15F3N4OS.K.H2O/c1-2-3-4-16-5-6-17(18,7-16)9-15-14-8(19-9)10(11,12)13;;/h2-7H2,1H3;;1H2/q;+1;/p-1. The number of unbranched alkanes of at least 4 members (excludes halogenated alkanes) is 1. The maximum atomic E-state index is 12.5. The van der Waals surface area contributed by atoms with Crippen LogP contribution in [0.25, 0.3) is 0 Å². The average molecular weight is 352 g/mol. The maximum absolute atomic E-state index is 12.5. The van der Waals surface area contributed by atoms with Crippen LogP contribution in [-0.4, -0.2) is 46.9 Å². The SMILES string of the molecule is CCCCN1CC[N+]([O-])(c2nnc(C(F)(F)F)s2)C1.[K+].[OH-]. The number of hydrogen-bond acceptors (Lipinski definition) is 6. The number of rotatable bonds is 4. The molecule has 0 spiro atoms. The quantitative estimate of drug-likeness (QED) is 0.405. The molecule has 2 rings (SSSR count). The molecule has 116 valence electrons. The number of aromatic nitrogens is 2. The van der Waals surface area contributed by atoms with Crippen LogP contribution in [0.5, 0.6) is 0 Å². The van der Waals surface area contributed by atoms with Gasteiger partial charge in [-0.2, -0.15) is 13.2 Å². The van der Waals surface area contributed by atoms with Crippen molar-refractivity contribution in [1.29, 1.82) is 0 Å². The van der Waals surface area contributed by atoms with Gasteiger partial charge in [-0.25, -0.2) is 0 Å². The van der Waals surface area contributed by atoms with E-state index in [0.29, 0.717) is 17.9 Å². The summed E-state index contributed by atoms with van der Waals surface area (Å²) >= 11 is 0.348. The predicted molar refractivity (Wildman–Crippen MR) is 68.2 cm³/mol. The molecule has 0 aliphatic carbocycles. The number of halogens is 3. The summed E-state index contributed by atoms with van der Waals surface area (Å²) in [6.07, 6.45) is -2.53. The summed E-state index contributed by atoms with van der Waals surface area (Å²) < 4.78 is 36.5. The molecule has 1 atom stereocenters. The van der Waals surface area contributed by atoms with Crippen LogP contribution in [0.4, 0.5) is 18.3 Å². The van der Waals surface area contributed by atoms with E-state index in [1.807, 2.05) is 4.90 Å². The number of alkyl halides is 3. The van der Waals surface area contributed by atoms with Crippen LogP contribution in [0, 0.1) is 5.21 Å². The average Bonchev–Trinajstić information content (AvgIpc) is 2.93. The second-order valence-corrected chi connectivity index (χ2v) is 5.57. The number of hydrogen-bond donors (Lipinski definition) is 0. The molecule has 0 bridgehead atoms. The fourth-order valence-electron chi connectivity index (χ4n) is 1.98. The third-order valence-electron chi connectivity index (χ3n) is 3.04. The van der Waals surface area contributed by atoms with Crippen molar-refractivity contribution in [2.24, 2.45) is 0 Å². The van der Waals surface area contributed by atoms with Crippen LogP contribution in [0.3, 0.4) is 0 Å². The first-order chi connectivity index (χ1) is 8.85. The van der Waals surface area contributed by atoms with Crippen LogP contribution in [0.2, 0.25) is 0 Å². The molecule has 1 fully saturated rings. The van der Waals surface area contributed by atoms with Crippen molar-refractivity contribution >= 4 is 16.5 Å². The Morgan fingerprint density at radius 1 is 1.38 bits per heavy atom. The molecular weight excluding hydrogens is 336 g/mol. The maximum Gasteiger partial charge on any atom is 1.00 e. The first-order valence-electron chi connectivity index (χ1n) is 6.07. The Balaban J connectivity index is 0.00000200. The molecule has 0 aromatic carbocycles. The molecule has 0 saturated carbocycles. The molecule has 1 saturated heterocycles. The summed E-state index contributed by atoms with van der Waals surface area (Å²) in [4.78, 5) is 1.96. The van der Waals surface area contributed by atoms with Crippen molar-refractivity contribution in [2.75, 3.05) is 26.3 Å². The molecule has 1 aromatic rings. The number of quaternary nitrogens is 1. The molecule has 6 nitrogen and oxygen atoms in total. The fraction of sp³-hybridized carbons (Fsp3) is 0.800. The summed E-state index contributed by atoms with van der Waals surface area (Å²) in [7, 11) is 0. The minimum atomic E-state index is -4.53. The molecule has 1 unspecified atom stereocenters. The van der Waals surface area contributed by atoms with Crippen molar-refractivity contribution in [3.63, 3.8) is 0 Å². The minimum absolute atomic E-state index is 0. The monoisotopic (exact) mass is 352 g/mol. The summed E-state index contributed by atoms with van der Waals surface area (Å²) in [6.45, 7) is 3.83. The fourth-order valence-corrected chi connectivity index (χ4v) is 2.75. The first-order valence-corrected chi connectivity index (χ1v) is 6.88. The van der Waals surface area contributed by atoms with Crippen LogP contribution < -0.4 is 56.0 Å². The minimum Gasteiger partial charge on any atom is -0.870 e. The van der Waals surface area contributed by atoms with E-state index in [4.69, 9.17) is 0 Å². The molecule has 1 N–H and O–H groups in total. The Labute approximate surface area is 167 Å². The normalized spacial score (nSPS) is 22.7. The van der Waals surface area contributed by atoms with E-state index in [-0.39, 0.29) is 75.2 Å². The Hall–Kier alpha value is 0.826. The third kappa shape index (κ3) is 5.44. The Morgan fingerprint density at radius 2 is 2.05 bits per heavy atom. The Kier molecular flexibility index (Phi) is 8.95. The van der Waals surface area contributed by atoms with Crippen LogP contribution in [0.1, 0.15) is 24.8 Å². The smallest absolute Gasteiger partial charge is 0.870 e. The second kappa shape index (κ2) is 8.61. The van der Waals surface area contributed by atoms with Crippen molar-refractivity contribution in [1.82, 2.24) is 19.7 Å². The largest absolute Gasteiger partial charge is 1.00 e. The predicted octanol–water partition coefficient (Wildman–Crippen LogP) is -0.738. The first kappa shape index (κ1) is 21.8. The Morgan fingerprint density at radius 3 is 2.57 bits per heavy atom. The van der Waals surface area contributed by atoms with Gasteiger partial charge in [-0.1, -0.05) is 18.4 Å². The van der Waals surface area contributed by atoms with Crippen molar-refractivity contribution in [2.45, 2.75) is 25.9 Å². The van der Waals surface area contributed by atoms with E-state index in [2.05, 4.69) is 17.1 Å². The van der Waals surface area contributed by atoms with Gasteiger partial charge in [0.1, 0.15) is 6.67 Å². The van der Waals surface area contributed by atoms with E-state index < -0.39 is 15.8 Å². The van der Waals surface area contributed by atoms with Gasteiger partial charge < -0.3 is 10.7 Å². The van der Waals surface area contributed by atoms with E-state index in [1.54, 1.807) is 0 Å². The molecule has 21 heavy (non-hydrogen) atoms. The van der Waals surface area contributed by atoms with Crippen molar-refractivity contribution < 1.29 is 70.0 Å². The summed E-state index contributed by atoms with van der Waals surface area (Å²) in [5.41, 5.74) is 0. The van der Waals surface area contributed by atoms with Gasteiger partial charge in [0.15, 0.2) is 0 Å². The van der Waals surface area contributed by atoms with Crippen LogP contribution >= 0.6 is 11.3 Å². The summed E-state index contributed by atoms with van der Waals surface area (Å²) in [5.74, 6) is 0. The van der Waals surface area contributed by atoms with Crippen LogP contribution in [0.15, 0.2) is 0 Å². The van der Waals surface area contributed by atoms with E-state index in [9.17, 15) is 18.4 Å². The summed E-state index contributed by atoms with van der Waals surface area (Å²) in [6, 6.07) is 0. The third-order valence-corrected chi connectivity index (χ3v) is 4.14. The van der Waals surface area contributed by atoms with E-state index >= 15 is 0 Å². The van der Waals surface area contributed by atoms with Crippen molar-refractivity contribution in [3.05, 3.63) is 10.2 Å².